The summed E-state index contributed by atoms with van der Waals surface area (Å²) in [5.41, 5.74) is -0.00261. The van der Waals surface area contributed by atoms with E-state index in [-0.39, 0.29) is 5.91 Å². The van der Waals surface area contributed by atoms with Gasteiger partial charge in [0.15, 0.2) is 11.5 Å². The highest BCUT2D eigenvalue weighted by Crippen LogP contribution is 2.34. The van der Waals surface area contributed by atoms with Gasteiger partial charge in [-0.3, -0.25) is 4.79 Å². The number of rotatable bonds is 4. The van der Waals surface area contributed by atoms with Crippen LogP contribution in [0.3, 0.4) is 0 Å². The molecule has 1 atom stereocenters. The molecule has 1 aliphatic heterocycles. The number of benzene rings is 1. The molecule has 22 heavy (non-hydrogen) atoms. The van der Waals surface area contributed by atoms with Gasteiger partial charge in [0.05, 0.1) is 11.1 Å². The first-order valence-electron chi connectivity index (χ1n) is 7.25. The van der Waals surface area contributed by atoms with Crippen LogP contribution in [0.1, 0.15) is 35.6 Å². The van der Waals surface area contributed by atoms with Crippen LogP contribution >= 0.6 is 11.3 Å². The molecule has 0 bridgehead atoms. The van der Waals surface area contributed by atoms with Crippen LogP contribution in [0.5, 0.6) is 11.5 Å². The second-order valence-electron chi connectivity index (χ2n) is 5.31. The zero-order valence-corrected chi connectivity index (χ0v) is 13.4. The molecule has 1 aromatic carbocycles. The molecule has 0 aliphatic carbocycles. The van der Waals surface area contributed by atoms with Crippen molar-refractivity contribution in [3.05, 3.63) is 40.3 Å². The summed E-state index contributed by atoms with van der Waals surface area (Å²) in [7, 11) is 0. The zero-order chi connectivity index (χ0) is 15.6. The Morgan fingerprint density at radius 1 is 1.41 bits per heavy atom. The van der Waals surface area contributed by atoms with Gasteiger partial charge in [0.2, 0.25) is 0 Å². The average molecular weight is 318 g/mol. The maximum absolute atomic E-state index is 12.7. The van der Waals surface area contributed by atoms with E-state index in [1.54, 1.807) is 18.3 Å². The van der Waals surface area contributed by atoms with Crippen molar-refractivity contribution in [3.63, 3.8) is 0 Å². The van der Waals surface area contributed by atoms with Crippen molar-refractivity contribution in [2.75, 3.05) is 13.2 Å². The fourth-order valence-corrected chi connectivity index (χ4v) is 3.19. The average Bonchev–Trinajstić information content (AvgIpc) is 3.09. The smallest absolute Gasteiger partial charge is 0.255 e. The molecular weight excluding hydrogens is 300 g/mol. The Morgan fingerprint density at radius 2 is 2.23 bits per heavy atom. The number of aromatic nitrogens is 1. The Bertz CT molecular complexity index is 672. The van der Waals surface area contributed by atoms with Crippen LogP contribution in [-0.2, 0) is 5.54 Å². The maximum atomic E-state index is 12.7. The minimum atomic E-state index is -0.497. The third-order valence-electron chi connectivity index (χ3n) is 3.81. The number of amides is 1. The minimum absolute atomic E-state index is 0.179. The van der Waals surface area contributed by atoms with Gasteiger partial charge in [-0.2, -0.15) is 0 Å². The third-order valence-corrected chi connectivity index (χ3v) is 4.85. The topological polar surface area (TPSA) is 60.5 Å². The Balaban J connectivity index is 1.89. The van der Waals surface area contributed by atoms with Gasteiger partial charge in [0, 0.05) is 11.6 Å². The van der Waals surface area contributed by atoms with Crippen molar-refractivity contribution in [2.24, 2.45) is 0 Å². The molecule has 0 unspecified atom stereocenters. The SMILES string of the molecule is CC[C@@](C)(NC(=O)c1cccc2c1OCCO2)c1nccs1. The van der Waals surface area contributed by atoms with Gasteiger partial charge in [0.1, 0.15) is 18.2 Å². The fourth-order valence-electron chi connectivity index (χ4n) is 2.36. The molecule has 6 heteroatoms. The molecular formula is C16H18N2O3S. The lowest BCUT2D eigenvalue weighted by molar-refractivity contribution is 0.0891. The van der Waals surface area contributed by atoms with Crippen LogP contribution in [0.4, 0.5) is 0 Å². The highest BCUT2D eigenvalue weighted by Gasteiger charge is 2.31. The molecule has 0 radical (unpaired) electrons. The molecule has 0 fully saturated rings. The second kappa shape index (κ2) is 5.96. The van der Waals surface area contributed by atoms with Gasteiger partial charge in [-0.25, -0.2) is 4.98 Å². The number of carbonyl (C=O) groups is 1. The number of para-hydroxylation sites is 1. The van der Waals surface area contributed by atoms with Crippen LogP contribution in [0.15, 0.2) is 29.8 Å². The van der Waals surface area contributed by atoms with Gasteiger partial charge in [0.25, 0.3) is 5.91 Å². The Morgan fingerprint density at radius 3 is 2.95 bits per heavy atom. The second-order valence-corrected chi connectivity index (χ2v) is 6.20. The van der Waals surface area contributed by atoms with Gasteiger partial charge in [-0.1, -0.05) is 13.0 Å². The van der Waals surface area contributed by atoms with Gasteiger partial charge in [-0.15, -0.1) is 11.3 Å². The molecule has 0 saturated heterocycles. The number of fused-ring (bicyclic) bond motifs is 1. The maximum Gasteiger partial charge on any atom is 0.255 e. The molecule has 1 N–H and O–H groups in total. The van der Waals surface area contributed by atoms with Crippen molar-refractivity contribution >= 4 is 17.2 Å². The van der Waals surface area contributed by atoms with E-state index < -0.39 is 5.54 Å². The normalized spacial score (nSPS) is 15.9. The quantitative estimate of drug-likeness (QED) is 0.941. The molecule has 1 amide bonds. The van der Waals surface area contributed by atoms with E-state index in [0.717, 1.165) is 11.4 Å². The first-order chi connectivity index (χ1) is 10.6. The summed E-state index contributed by atoms with van der Waals surface area (Å²) in [5, 5.41) is 5.89. The van der Waals surface area contributed by atoms with Crippen molar-refractivity contribution in [1.82, 2.24) is 10.3 Å². The number of nitrogens with zero attached hydrogens (tertiary/aromatic N) is 1. The van der Waals surface area contributed by atoms with E-state index in [0.29, 0.717) is 30.3 Å². The highest BCUT2D eigenvalue weighted by atomic mass is 32.1. The summed E-state index contributed by atoms with van der Waals surface area (Å²) in [6.45, 7) is 4.97. The molecule has 3 rings (SSSR count). The predicted molar refractivity (Wildman–Crippen MR) is 84.7 cm³/mol. The third kappa shape index (κ3) is 2.66. The standard InChI is InChI=1S/C16H18N2O3S/c1-3-16(2,15-17-7-10-22-15)18-14(19)11-5-4-6-12-13(11)21-9-8-20-12/h4-7,10H,3,8-9H2,1-2H3,(H,18,19)/t16-/m1/s1. The molecule has 116 valence electrons. The number of hydrogen-bond acceptors (Lipinski definition) is 5. The van der Waals surface area contributed by atoms with Crippen molar-refractivity contribution in [2.45, 2.75) is 25.8 Å². The molecule has 1 aromatic heterocycles. The Hall–Kier alpha value is -2.08. The molecule has 0 spiro atoms. The Labute approximate surface area is 133 Å². The van der Waals surface area contributed by atoms with E-state index >= 15 is 0 Å². The summed E-state index contributed by atoms with van der Waals surface area (Å²) in [6.07, 6.45) is 2.50. The van der Waals surface area contributed by atoms with E-state index in [9.17, 15) is 4.79 Å². The number of hydrogen-bond donors (Lipinski definition) is 1. The monoisotopic (exact) mass is 318 g/mol. The number of carbonyl (C=O) groups excluding carboxylic acids is 1. The summed E-state index contributed by atoms with van der Waals surface area (Å²) >= 11 is 1.54. The van der Waals surface area contributed by atoms with Gasteiger partial charge >= 0.3 is 0 Å². The first-order valence-corrected chi connectivity index (χ1v) is 8.13. The molecule has 2 aromatic rings. The number of ether oxygens (including phenoxy) is 2. The fraction of sp³-hybridized carbons (Fsp3) is 0.375. The van der Waals surface area contributed by atoms with Crippen LogP contribution in [-0.4, -0.2) is 24.1 Å². The summed E-state index contributed by atoms with van der Waals surface area (Å²) in [4.78, 5) is 17.1. The summed E-state index contributed by atoms with van der Waals surface area (Å²) in [5.74, 6) is 0.956. The summed E-state index contributed by atoms with van der Waals surface area (Å²) in [6, 6.07) is 5.36. The van der Waals surface area contributed by atoms with Gasteiger partial charge in [-0.05, 0) is 25.5 Å². The summed E-state index contributed by atoms with van der Waals surface area (Å²) < 4.78 is 11.1. The van der Waals surface area contributed by atoms with Crippen LogP contribution in [0, 0.1) is 0 Å². The molecule has 1 aliphatic rings. The Kier molecular flexibility index (Phi) is 4.02. The largest absolute Gasteiger partial charge is 0.486 e. The van der Waals surface area contributed by atoms with Crippen molar-refractivity contribution < 1.29 is 14.3 Å². The van der Waals surface area contributed by atoms with Crippen LogP contribution in [0.25, 0.3) is 0 Å². The van der Waals surface area contributed by atoms with E-state index in [2.05, 4.69) is 10.3 Å². The zero-order valence-electron chi connectivity index (χ0n) is 12.6. The van der Waals surface area contributed by atoms with Crippen LogP contribution in [0.2, 0.25) is 0 Å². The van der Waals surface area contributed by atoms with Crippen molar-refractivity contribution in [3.8, 4) is 11.5 Å². The highest BCUT2D eigenvalue weighted by molar-refractivity contribution is 7.09. The predicted octanol–water partition coefficient (Wildman–Crippen LogP) is 2.97. The first kappa shape index (κ1) is 14.8. The van der Waals surface area contributed by atoms with E-state index in [1.807, 2.05) is 25.3 Å². The van der Waals surface area contributed by atoms with E-state index in [4.69, 9.17) is 9.47 Å². The molecule has 2 heterocycles. The van der Waals surface area contributed by atoms with Crippen molar-refractivity contribution in [1.29, 1.82) is 0 Å². The van der Waals surface area contributed by atoms with Gasteiger partial charge < -0.3 is 14.8 Å². The lowest BCUT2D eigenvalue weighted by Gasteiger charge is -2.28. The lowest BCUT2D eigenvalue weighted by atomic mass is 9.99. The van der Waals surface area contributed by atoms with Crippen LogP contribution < -0.4 is 14.8 Å². The number of nitrogens with one attached hydrogen (secondary N) is 1. The number of thiazole rings is 1. The minimum Gasteiger partial charge on any atom is -0.486 e. The van der Waals surface area contributed by atoms with E-state index in [1.165, 1.54) is 11.3 Å². The molecule has 0 saturated carbocycles. The lowest BCUT2D eigenvalue weighted by Crippen LogP contribution is -2.43. The molecule has 5 nitrogen and oxygen atoms in total.